The average Bonchev–Trinajstić information content (AvgIpc) is 1.94. The summed E-state index contributed by atoms with van der Waals surface area (Å²) in [6.45, 7) is 0. The van der Waals surface area contributed by atoms with E-state index in [1.807, 2.05) is 0 Å². The largest absolute Gasteiger partial charge is 1.00 e. The number of rotatable bonds is 1. The molecule has 0 aromatic heterocycles. The third-order valence-electron chi connectivity index (χ3n) is 1.26. The van der Waals surface area contributed by atoms with Crippen molar-refractivity contribution in [3.05, 3.63) is 22.2 Å². The van der Waals surface area contributed by atoms with Crippen LogP contribution in [0.15, 0.2) is 17.0 Å². The van der Waals surface area contributed by atoms with Crippen molar-refractivity contribution >= 4 is 33.3 Å². The van der Waals surface area contributed by atoms with Gasteiger partial charge in [-0.2, -0.15) is 0 Å². The minimum Gasteiger partial charge on any atom is -0.744 e. The van der Waals surface area contributed by atoms with Crippen molar-refractivity contribution in [3.63, 3.8) is 0 Å². The Kier molecular flexibility index (Phi) is 4.94. The molecule has 0 aliphatic rings. The Labute approximate surface area is 106 Å². The molecular weight excluding hydrogens is 347 g/mol. The van der Waals surface area contributed by atoms with Gasteiger partial charge in [0, 0.05) is 5.02 Å². The molecule has 1 N–H and O–H groups in total. The molecule has 0 saturated carbocycles. The summed E-state index contributed by atoms with van der Waals surface area (Å²) >= 11 is 10.8. The van der Waals surface area contributed by atoms with E-state index in [9.17, 15) is 13.0 Å². The maximum atomic E-state index is 10.5. The van der Waals surface area contributed by atoms with Gasteiger partial charge in [-0.3, -0.25) is 0 Å². The maximum absolute atomic E-state index is 10.5. The van der Waals surface area contributed by atoms with E-state index in [2.05, 4.69) is 0 Å². The van der Waals surface area contributed by atoms with Crippen LogP contribution in [0.1, 0.15) is 0 Å². The molecular formula is C6H3AgCl2O4S. The van der Waals surface area contributed by atoms with Gasteiger partial charge < -0.3 is 9.66 Å². The summed E-state index contributed by atoms with van der Waals surface area (Å²) in [4.78, 5) is -0.815. The molecule has 0 aliphatic heterocycles. The summed E-state index contributed by atoms with van der Waals surface area (Å²) in [7, 11) is -4.75. The summed E-state index contributed by atoms with van der Waals surface area (Å²) in [5.74, 6) is -0.777. The van der Waals surface area contributed by atoms with Crippen molar-refractivity contribution in [3.8, 4) is 5.75 Å². The van der Waals surface area contributed by atoms with Gasteiger partial charge in [0.15, 0.2) is 5.75 Å². The van der Waals surface area contributed by atoms with Crippen molar-refractivity contribution in [2.24, 2.45) is 0 Å². The summed E-state index contributed by atoms with van der Waals surface area (Å²) in [6, 6.07) is 1.97. The molecule has 8 heteroatoms. The number of phenols is 1. The quantitative estimate of drug-likeness (QED) is 0.617. The Balaban J connectivity index is 0.00000169. The molecule has 1 aromatic carbocycles. The van der Waals surface area contributed by atoms with Crippen molar-refractivity contribution in [2.45, 2.75) is 4.90 Å². The molecule has 0 radical (unpaired) electrons. The Morgan fingerprint density at radius 3 is 2.21 bits per heavy atom. The second-order valence-electron chi connectivity index (χ2n) is 2.19. The molecule has 0 heterocycles. The molecule has 0 saturated heterocycles. The predicted molar refractivity (Wildman–Crippen MR) is 46.1 cm³/mol. The Morgan fingerprint density at radius 2 is 1.79 bits per heavy atom. The number of benzene rings is 1. The van der Waals surface area contributed by atoms with Gasteiger partial charge in [0.25, 0.3) is 0 Å². The molecule has 0 unspecified atom stereocenters. The van der Waals surface area contributed by atoms with E-state index in [4.69, 9.17) is 28.3 Å². The Bertz CT molecular complexity index is 445. The van der Waals surface area contributed by atoms with E-state index < -0.39 is 20.8 Å². The van der Waals surface area contributed by atoms with Crippen molar-refractivity contribution in [1.82, 2.24) is 0 Å². The van der Waals surface area contributed by atoms with Crippen molar-refractivity contribution in [1.29, 1.82) is 0 Å². The zero-order valence-corrected chi connectivity index (χ0v) is 10.1. The monoisotopic (exact) mass is 348 g/mol. The van der Waals surface area contributed by atoms with Crippen LogP contribution in [0.2, 0.25) is 10.0 Å². The number of hydrogen-bond donors (Lipinski definition) is 1. The first-order valence-corrected chi connectivity index (χ1v) is 5.12. The zero-order valence-electron chi connectivity index (χ0n) is 6.29. The summed E-state index contributed by atoms with van der Waals surface area (Å²) in [5, 5.41) is 8.78. The second-order valence-corrected chi connectivity index (χ2v) is 4.38. The molecule has 0 aliphatic carbocycles. The maximum Gasteiger partial charge on any atom is 1.00 e. The molecule has 0 spiro atoms. The molecule has 0 bridgehead atoms. The number of halogens is 2. The normalized spacial score (nSPS) is 10.8. The van der Waals surface area contributed by atoms with Crippen LogP contribution in [0.25, 0.3) is 0 Å². The first-order chi connectivity index (χ1) is 5.82. The molecule has 1 rings (SSSR count). The van der Waals surface area contributed by atoms with Gasteiger partial charge in [0.1, 0.15) is 10.1 Å². The first kappa shape index (κ1) is 14.3. The van der Waals surface area contributed by atoms with E-state index in [0.29, 0.717) is 0 Å². The summed E-state index contributed by atoms with van der Waals surface area (Å²) < 4.78 is 31.6. The molecule has 4 nitrogen and oxygen atoms in total. The van der Waals surface area contributed by atoms with Gasteiger partial charge in [-0.1, -0.05) is 23.2 Å². The second kappa shape index (κ2) is 4.85. The smallest absolute Gasteiger partial charge is 0.744 e. The molecule has 1 aromatic rings. The molecule has 0 fully saturated rings. The van der Waals surface area contributed by atoms with Crippen LogP contribution in [0, 0.1) is 0 Å². The zero-order chi connectivity index (χ0) is 10.2. The molecule has 0 amide bonds. The predicted octanol–water partition coefficient (Wildman–Crippen LogP) is 1.60. The van der Waals surface area contributed by atoms with E-state index >= 15 is 0 Å². The van der Waals surface area contributed by atoms with Crippen LogP contribution in [0.3, 0.4) is 0 Å². The minimum absolute atomic E-state index is 0. The fraction of sp³-hybridized carbons (Fsp3) is 0. The number of hydrogen-bond acceptors (Lipinski definition) is 4. The van der Waals surface area contributed by atoms with Crippen LogP contribution >= 0.6 is 23.2 Å². The van der Waals surface area contributed by atoms with E-state index in [1.54, 1.807) is 0 Å². The van der Waals surface area contributed by atoms with Gasteiger partial charge in [-0.15, -0.1) is 0 Å². The summed E-state index contributed by atoms with van der Waals surface area (Å²) in [6.07, 6.45) is 0. The standard InChI is InChI=1S/C6H4Cl2O4S.Ag/c7-3-1-4(8)6(9)5(2-3)13(10,11)12;/h1-2,9H,(H,10,11,12);/q;+1/p-1. The molecule has 82 valence electrons. The van der Waals surface area contributed by atoms with Gasteiger partial charge in [-0.05, 0) is 12.1 Å². The van der Waals surface area contributed by atoms with Crippen LogP contribution in [0.4, 0.5) is 0 Å². The van der Waals surface area contributed by atoms with Crippen molar-refractivity contribution < 1.29 is 40.5 Å². The third kappa shape index (κ3) is 3.13. The van der Waals surface area contributed by atoms with Crippen LogP contribution in [-0.2, 0) is 32.5 Å². The van der Waals surface area contributed by atoms with Gasteiger partial charge in [-0.25, -0.2) is 8.42 Å². The van der Waals surface area contributed by atoms with Crippen LogP contribution in [0.5, 0.6) is 5.75 Å². The third-order valence-corrected chi connectivity index (χ3v) is 2.62. The molecule has 14 heavy (non-hydrogen) atoms. The van der Waals surface area contributed by atoms with Gasteiger partial charge in [0.2, 0.25) is 0 Å². The minimum atomic E-state index is -4.75. The van der Waals surface area contributed by atoms with Gasteiger partial charge in [0.05, 0.1) is 9.92 Å². The van der Waals surface area contributed by atoms with E-state index in [-0.39, 0.29) is 32.4 Å². The fourth-order valence-electron chi connectivity index (χ4n) is 0.733. The average molecular weight is 350 g/mol. The topological polar surface area (TPSA) is 77.4 Å². The van der Waals surface area contributed by atoms with Crippen LogP contribution in [-0.4, -0.2) is 18.1 Å². The van der Waals surface area contributed by atoms with Gasteiger partial charge >= 0.3 is 22.4 Å². The van der Waals surface area contributed by atoms with E-state index in [0.717, 1.165) is 12.1 Å². The Hall–Kier alpha value is 0.250. The summed E-state index contributed by atoms with van der Waals surface area (Å²) in [5.41, 5.74) is 0. The van der Waals surface area contributed by atoms with Crippen LogP contribution < -0.4 is 0 Å². The molecule has 0 atom stereocenters. The van der Waals surface area contributed by atoms with E-state index in [1.165, 1.54) is 0 Å². The first-order valence-electron chi connectivity index (χ1n) is 2.96. The SMILES string of the molecule is O=S(=O)([O-])c1cc(Cl)cc(Cl)c1O.[Ag+]. The Morgan fingerprint density at radius 1 is 1.29 bits per heavy atom. The number of phenolic OH excluding ortho intramolecular Hbond substituents is 1. The number of aromatic hydroxyl groups is 1. The van der Waals surface area contributed by atoms with Crippen molar-refractivity contribution in [2.75, 3.05) is 0 Å². The fourth-order valence-corrected chi connectivity index (χ4v) is 1.97.